The van der Waals surface area contributed by atoms with E-state index in [1.54, 1.807) is 6.20 Å². The van der Waals surface area contributed by atoms with Gasteiger partial charge in [-0.3, -0.25) is 4.79 Å². The molecule has 3 aromatic rings. The van der Waals surface area contributed by atoms with Gasteiger partial charge >= 0.3 is 0 Å². The summed E-state index contributed by atoms with van der Waals surface area (Å²) < 4.78 is 0. The summed E-state index contributed by atoms with van der Waals surface area (Å²) in [5, 5.41) is 3.09. The summed E-state index contributed by atoms with van der Waals surface area (Å²) in [6, 6.07) is 12.0. The molecule has 136 valence electrons. The summed E-state index contributed by atoms with van der Waals surface area (Å²) in [5.41, 5.74) is 5.83. The molecule has 5 rings (SSSR count). The average molecular weight is 358 g/mol. The van der Waals surface area contributed by atoms with Crippen LogP contribution in [-0.2, 0) is 5.41 Å². The second-order valence-electron chi connectivity index (χ2n) is 7.77. The Morgan fingerprint density at radius 1 is 1.07 bits per heavy atom. The molecule has 2 aliphatic rings. The van der Waals surface area contributed by atoms with Gasteiger partial charge < -0.3 is 10.3 Å². The third-order valence-electron chi connectivity index (χ3n) is 5.98. The maximum Gasteiger partial charge on any atom is 0.253 e. The van der Waals surface area contributed by atoms with Crippen molar-refractivity contribution in [2.45, 2.75) is 38.0 Å². The molecule has 2 aromatic heterocycles. The van der Waals surface area contributed by atoms with Crippen molar-refractivity contribution in [3.63, 3.8) is 0 Å². The lowest BCUT2D eigenvalue weighted by atomic mass is 9.78. The van der Waals surface area contributed by atoms with Gasteiger partial charge in [0.15, 0.2) is 5.82 Å². The Labute approximate surface area is 158 Å². The summed E-state index contributed by atoms with van der Waals surface area (Å²) >= 11 is 0. The van der Waals surface area contributed by atoms with Crippen LogP contribution in [0.3, 0.4) is 0 Å². The average Bonchev–Trinajstić information content (AvgIpc) is 3.35. The molecule has 2 N–H and O–H groups in total. The van der Waals surface area contributed by atoms with Crippen LogP contribution in [0.5, 0.6) is 0 Å². The molecule has 1 fully saturated rings. The van der Waals surface area contributed by atoms with E-state index >= 15 is 0 Å². The molecule has 1 spiro atoms. The summed E-state index contributed by atoms with van der Waals surface area (Å²) in [6.45, 7) is 2.80. The van der Waals surface area contributed by atoms with Crippen molar-refractivity contribution in [3.05, 3.63) is 59.4 Å². The molecular formula is C22H22N4O. The fraction of sp³-hybridized carbons (Fsp3) is 0.318. The standard InChI is InChI=1S/C22H22N4O/c1-14-4-6-15(7-5-14)20-23-11-8-17(26-20)18-12-16-19(25-18)22(9-2-3-10-22)13-24-21(16)27/h4-8,11-12,25H,2-3,9-10,13H2,1H3,(H,24,27). The number of amides is 1. The number of aromatic amines is 1. The van der Waals surface area contributed by atoms with Crippen LogP contribution in [0.1, 0.15) is 47.3 Å². The second-order valence-corrected chi connectivity index (χ2v) is 7.77. The number of hydrogen-bond acceptors (Lipinski definition) is 3. The highest BCUT2D eigenvalue weighted by Gasteiger charge is 2.43. The highest BCUT2D eigenvalue weighted by atomic mass is 16.1. The van der Waals surface area contributed by atoms with Gasteiger partial charge in [0.05, 0.1) is 17.0 Å². The number of aryl methyl sites for hydroxylation is 1. The molecule has 1 aromatic carbocycles. The number of fused-ring (bicyclic) bond motifs is 2. The van der Waals surface area contributed by atoms with Crippen molar-refractivity contribution >= 4 is 5.91 Å². The minimum atomic E-state index is 0.0119. The molecule has 0 bridgehead atoms. The highest BCUT2D eigenvalue weighted by Crippen LogP contribution is 2.44. The van der Waals surface area contributed by atoms with Crippen molar-refractivity contribution in [3.8, 4) is 22.8 Å². The maximum atomic E-state index is 12.4. The molecule has 0 atom stereocenters. The van der Waals surface area contributed by atoms with Crippen LogP contribution in [0.15, 0.2) is 42.6 Å². The first-order chi connectivity index (χ1) is 13.1. The van der Waals surface area contributed by atoms with E-state index in [0.717, 1.165) is 47.6 Å². The summed E-state index contributed by atoms with van der Waals surface area (Å²) in [7, 11) is 0. The summed E-state index contributed by atoms with van der Waals surface area (Å²) in [6.07, 6.45) is 6.46. The first-order valence-electron chi connectivity index (χ1n) is 9.57. The number of aromatic nitrogens is 3. The third kappa shape index (κ3) is 2.65. The zero-order chi connectivity index (χ0) is 18.4. The van der Waals surface area contributed by atoms with Crippen molar-refractivity contribution in [2.24, 2.45) is 0 Å². The lowest BCUT2D eigenvalue weighted by Gasteiger charge is -2.33. The zero-order valence-electron chi connectivity index (χ0n) is 15.4. The number of hydrogen-bond donors (Lipinski definition) is 2. The molecule has 5 heteroatoms. The van der Waals surface area contributed by atoms with Crippen LogP contribution in [0, 0.1) is 6.92 Å². The van der Waals surface area contributed by atoms with Crippen molar-refractivity contribution in [1.82, 2.24) is 20.3 Å². The molecular weight excluding hydrogens is 336 g/mol. The van der Waals surface area contributed by atoms with E-state index in [1.165, 1.54) is 18.4 Å². The van der Waals surface area contributed by atoms with E-state index in [0.29, 0.717) is 5.82 Å². The van der Waals surface area contributed by atoms with Crippen LogP contribution < -0.4 is 5.32 Å². The minimum absolute atomic E-state index is 0.0119. The minimum Gasteiger partial charge on any atom is -0.356 e. The lowest BCUT2D eigenvalue weighted by Crippen LogP contribution is -2.45. The van der Waals surface area contributed by atoms with Crippen molar-refractivity contribution in [1.29, 1.82) is 0 Å². The molecule has 1 aliphatic carbocycles. The SMILES string of the molecule is Cc1ccc(-c2nccc(-c3cc4c([nH]3)C3(CCCC3)CNC4=O)n2)cc1. The molecule has 1 aliphatic heterocycles. The smallest absolute Gasteiger partial charge is 0.253 e. The predicted octanol–water partition coefficient (Wildman–Crippen LogP) is 4.00. The van der Waals surface area contributed by atoms with Gasteiger partial charge in [-0.1, -0.05) is 42.7 Å². The molecule has 1 saturated carbocycles. The van der Waals surface area contributed by atoms with E-state index in [4.69, 9.17) is 4.98 Å². The van der Waals surface area contributed by atoms with E-state index in [-0.39, 0.29) is 11.3 Å². The quantitative estimate of drug-likeness (QED) is 0.727. The Morgan fingerprint density at radius 2 is 1.85 bits per heavy atom. The van der Waals surface area contributed by atoms with Gasteiger partial charge in [0, 0.05) is 29.4 Å². The second kappa shape index (κ2) is 6.05. The molecule has 1 amide bonds. The Hall–Kier alpha value is -2.95. The van der Waals surface area contributed by atoms with E-state index in [9.17, 15) is 4.79 Å². The predicted molar refractivity (Wildman–Crippen MR) is 104 cm³/mol. The lowest BCUT2D eigenvalue weighted by molar-refractivity contribution is 0.0924. The number of benzene rings is 1. The van der Waals surface area contributed by atoms with Gasteiger partial charge in [-0.15, -0.1) is 0 Å². The number of nitrogens with one attached hydrogen (secondary N) is 2. The van der Waals surface area contributed by atoms with Crippen LogP contribution in [0.2, 0.25) is 0 Å². The van der Waals surface area contributed by atoms with Gasteiger partial charge in [0.25, 0.3) is 5.91 Å². The van der Waals surface area contributed by atoms with Crippen LogP contribution in [0.25, 0.3) is 22.8 Å². The number of carbonyl (C=O) groups is 1. The topological polar surface area (TPSA) is 70.7 Å². The summed E-state index contributed by atoms with van der Waals surface area (Å²) in [5.74, 6) is 0.706. The number of H-pyrrole nitrogens is 1. The first kappa shape index (κ1) is 16.2. The fourth-order valence-electron chi connectivity index (χ4n) is 4.45. The molecule has 0 saturated heterocycles. The molecule has 0 radical (unpaired) electrons. The van der Waals surface area contributed by atoms with E-state index in [2.05, 4.69) is 34.3 Å². The molecule has 5 nitrogen and oxygen atoms in total. The monoisotopic (exact) mass is 358 g/mol. The van der Waals surface area contributed by atoms with Crippen LogP contribution in [0.4, 0.5) is 0 Å². The maximum absolute atomic E-state index is 12.4. The highest BCUT2D eigenvalue weighted by molar-refractivity contribution is 5.98. The summed E-state index contributed by atoms with van der Waals surface area (Å²) in [4.78, 5) is 25.2. The third-order valence-corrected chi connectivity index (χ3v) is 5.98. The Morgan fingerprint density at radius 3 is 2.63 bits per heavy atom. The molecule has 0 unspecified atom stereocenters. The largest absolute Gasteiger partial charge is 0.356 e. The zero-order valence-corrected chi connectivity index (χ0v) is 15.4. The van der Waals surface area contributed by atoms with E-state index < -0.39 is 0 Å². The first-order valence-corrected chi connectivity index (χ1v) is 9.57. The van der Waals surface area contributed by atoms with E-state index in [1.807, 2.05) is 24.3 Å². The van der Waals surface area contributed by atoms with Gasteiger partial charge in [0.2, 0.25) is 0 Å². The molecule has 3 heterocycles. The van der Waals surface area contributed by atoms with Gasteiger partial charge in [-0.05, 0) is 31.9 Å². The van der Waals surface area contributed by atoms with Gasteiger partial charge in [-0.2, -0.15) is 0 Å². The van der Waals surface area contributed by atoms with Crippen molar-refractivity contribution in [2.75, 3.05) is 6.54 Å². The number of nitrogens with zero attached hydrogens (tertiary/aromatic N) is 2. The normalized spacial score (nSPS) is 17.7. The van der Waals surface area contributed by atoms with Crippen LogP contribution in [-0.4, -0.2) is 27.4 Å². The Balaban J connectivity index is 1.57. The molecule has 27 heavy (non-hydrogen) atoms. The van der Waals surface area contributed by atoms with Gasteiger partial charge in [0.1, 0.15) is 0 Å². The number of rotatable bonds is 2. The Kier molecular flexibility index (Phi) is 3.64. The fourth-order valence-corrected chi connectivity index (χ4v) is 4.45. The van der Waals surface area contributed by atoms with Crippen molar-refractivity contribution < 1.29 is 4.79 Å². The number of carbonyl (C=O) groups excluding carboxylic acids is 1. The van der Waals surface area contributed by atoms with Gasteiger partial charge in [-0.25, -0.2) is 9.97 Å². The van der Waals surface area contributed by atoms with Crippen LogP contribution >= 0.6 is 0 Å². The Bertz CT molecular complexity index is 1010.